The normalized spacial score (nSPS) is 17.9. The van der Waals surface area contributed by atoms with Crippen LogP contribution in [0.2, 0.25) is 0 Å². The smallest absolute Gasteiger partial charge is 0.0652 e. The van der Waals surface area contributed by atoms with Gasteiger partial charge in [-0.3, -0.25) is 9.98 Å². The third-order valence-corrected chi connectivity index (χ3v) is 1.53. The maximum absolute atomic E-state index is 4.29. The number of nitrogens with zero attached hydrogens (tertiary/aromatic N) is 2. The number of hydrogen-bond acceptors (Lipinski definition) is 2. The van der Waals surface area contributed by atoms with Crippen LogP contribution in [0.25, 0.3) is 0 Å². The molecule has 0 aromatic heterocycles. The monoisotopic (exact) mass is 148 g/mol. The van der Waals surface area contributed by atoms with Gasteiger partial charge in [0.2, 0.25) is 0 Å². The van der Waals surface area contributed by atoms with Gasteiger partial charge in [0.05, 0.1) is 5.71 Å². The molecule has 2 heteroatoms. The molecule has 1 aliphatic heterocycles. The minimum Gasteiger partial charge on any atom is -0.296 e. The van der Waals surface area contributed by atoms with E-state index in [1.54, 1.807) is 13.1 Å². The van der Waals surface area contributed by atoms with E-state index >= 15 is 0 Å². The Morgan fingerprint density at radius 1 is 1.73 bits per heavy atom. The number of rotatable bonds is 2. The quantitative estimate of drug-likeness (QED) is 0.532. The van der Waals surface area contributed by atoms with Crippen LogP contribution in [0.4, 0.5) is 0 Å². The van der Waals surface area contributed by atoms with Crippen molar-refractivity contribution in [2.75, 3.05) is 13.6 Å². The molecule has 58 valence electrons. The molecular formula is C9H12N2. The lowest BCUT2D eigenvalue weighted by molar-refractivity contribution is 0.991. The van der Waals surface area contributed by atoms with Gasteiger partial charge >= 0.3 is 0 Å². The highest BCUT2D eigenvalue weighted by Gasteiger charge is 2.03. The average Bonchev–Trinajstić information content (AvgIpc) is 2.06. The second-order valence-electron chi connectivity index (χ2n) is 2.31. The van der Waals surface area contributed by atoms with Crippen LogP contribution in [0, 0.1) is 0 Å². The number of hydrogen-bond donors (Lipinski definition) is 0. The van der Waals surface area contributed by atoms with E-state index in [-0.39, 0.29) is 0 Å². The minimum atomic E-state index is 0.877. The van der Waals surface area contributed by atoms with Crippen LogP contribution in [-0.2, 0) is 0 Å². The highest BCUT2D eigenvalue weighted by atomic mass is 14.7. The summed E-state index contributed by atoms with van der Waals surface area (Å²) < 4.78 is 0. The van der Waals surface area contributed by atoms with Gasteiger partial charge in [-0.2, -0.15) is 0 Å². The Bertz CT molecular complexity index is 234. The number of dihydropyridines is 1. The fraction of sp³-hybridized carbons (Fsp3) is 0.333. The van der Waals surface area contributed by atoms with Crippen LogP contribution in [0.15, 0.2) is 34.3 Å². The lowest BCUT2D eigenvalue weighted by Gasteiger charge is -2.06. The summed E-state index contributed by atoms with van der Waals surface area (Å²) in [6, 6.07) is 0. The van der Waals surface area contributed by atoms with Gasteiger partial charge in [0, 0.05) is 25.4 Å². The lowest BCUT2D eigenvalue weighted by Crippen LogP contribution is -2.06. The molecule has 0 saturated heterocycles. The average molecular weight is 148 g/mol. The van der Waals surface area contributed by atoms with E-state index < -0.39 is 0 Å². The third-order valence-electron chi connectivity index (χ3n) is 1.53. The zero-order valence-electron chi connectivity index (χ0n) is 6.75. The molecule has 0 fully saturated rings. The zero-order valence-corrected chi connectivity index (χ0v) is 6.75. The van der Waals surface area contributed by atoms with Crippen molar-refractivity contribution in [2.45, 2.75) is 6.42 Å². The molecule has 0 atom stereocenters. The zero-order chi connectivity index (χ0) is 8.10. The van der Waals surface area contributed by atoms with Crippen LogP contribution < -0.4 is 0 Å². The summed E-state index contributed by atoms with van der Waals surface area (Å²) in [7, 11) is 1.76. The standard InChI is InChI=1S/C9H12N2/c1-3-9-8(7-10-2)5-4-6-11-9/h3,5,7H,1,4,6H2,2H3. The van der Waals surface area contributed by atoms with Crippen LogP contribution in [0.5, 0.6) is 0 Å². The molecule has 11 heavy (non-hydrogen) atoms. The van der Waals surface area contributed by atoms with Gasteiger partial charge in [-0.05, 0) is 12.5 Å². The highest BCUT2D eigenvalue weighted by Crippen LogP contribution is 2.05. The van der Waals surface area contributed by atoms with Crippen LogP contribution in [-0.4, -0.2) is 25.5 Å². The van der Waals surface area contributed by atoms with Gasteiger partial charge in [-0.1, -0.05) is 12.7 Å². The van der Waals surface area contributed by atoms with E-state index in [9.17, 15) is 0 Å². The van der Waals surface area contributed by atoms with Crippen molar-refractivity contribution in [3.05, 3.63) is 24.3 Å². The Balaban J connectivity index is 2.83. The van der Waals surface area contributed by atoms with Crippen molar-refractivity contribution < 1.29 is 0 Å². The topological polar surface area (TPSA) is 24.7 Å². The Hall–Kier alpha value is -1.18. The molecule has 0 N–H and O–H groups in total. The Labute approximate surface area is 67.1 Å². The van der Waals surface area contributed by atoms with Gasteiger partial charge in [-0.15, -0.1) is 0 Å². The molecule has 2 nitrogen and oxygen atoms in total. The maximum Gasteiger partial charge on any atom is 0.0652 e. The van der Waals surface area contributed by atoms with Crippen molar-refractivity contribution >= 4 is 11.9 Å². The first-order chi connectivity index (χ1) is 5.38. The van der Waals surface area contributed by atoms with Crippen LogP contribution >= 0.6 is 0 Å². The van der Waals surface area contributed by atoms with Gasteiger partial charge in [0.1, 0.15) is 0 Å². The number of allylic oxidation sites excluding steroid dienone is 2. The molecule has 0 aromatic rings. The summed E-state index contributed by atoms with van der Waals surface area (Å²) in [5.74, 6) is 0. The van der Waals surface area contributed by atoms with Crippen LogP contribution in [0.1, 0.15) is 6.42 Å². The van der Waals surface area contributed by atoms with Gasteiger partial charge in [0.25, 0.3) is 0 Å². The summed E-state index contributed by atoms with van der Waals surface area (Å²) in [5, 5.41) is 0. The van der Waals surface area contributed by atoms with E-state index in [4.69, 9.17) is 0 Å². The SMILES string of the molecule is C=CC1=NCCC=C1C=NC. The molecule has 1 aliphatic rings. The summed E-state index contributed by atoms with van der Waals surface area (Å²) in [4.78, 5) is 8.22. The second-order valence-corrected chi connectivity index (χ2v) is 2.31. The fourth-order valence-electron chi connectivity index (χ4n) is 1.04. The predicted octanol–water partition coefficient (Wildman–Crippen LogP) is 1.64. The minimum absolute atomic E-state index is 0.877. The Morgan fingerprint density at radius 3 is 3.18 bits per heavy atom. The van der Waals surface area contributed by atoms with E-state index in [1.807, 2.05) is 6.21 Å². The number of aliphatic imine (C=N–C) groups is 2. The third kappa shape index (κ3) is 1.87. The second kappa shape index (κ2) is 3.86. The molecule has 0 bridgehead atoms. The summed E-state index contributed by atoms with van der Waals surface area (Å²) in [6.45, 7) is 4.56. The molecule has 0 radical (unpaired) electrons. The van der Waals surface area contributed by atoms with Gasteiger partial charge < -0.3 is 0 Å². The summed E-state index contributed by atoms with van der Waals surface area (Å²) in [6.07, 6.45) is 6.74. The van der Waals surface area contributed by atoms with Crippen molar-refractivity contribution in [3.8, 4) is 0 Å². The first-order valence-corrected chi connectivity index (χ1v) is 3.68. The molecule has 0 spiro atoms. The van der Waals surface area contributed by atoms with Gasteiger partial charge in [-0.25, -0.2) is 0 Å². The fourth-order valence-corrected chi connectivity index (χ4v) is 1.04. The van der Waals surface area contributed by atoms with Crippen molar-refractivity contribution in [2.24, 2.45) is 9.98 Å². The predicted molar refractivity (Wildman–Crippen MR) is 49.6 cm³/mol. The van der Waals surface area contributed by atoms with Crippen molar-refractivity contribution in [3.63, 3.8) is 0 Å². The van der Waals surface area contributed by atoms with E-state index in [0.29, 0.717) is 0 Å². The first-order valence-electron chi connectivity index (χ1n) is 3.68. The van der Waals surface area contributed by atoms with E-state index in [2.05, 4.69) is 22.6 Å². The van der Waals surface area contributed by atoms with E-state index in [1.165, 1.54) is 0 Å². The Kier molecular flexibility index (Phi) is 2.78. The maximum atomic E-state index is 4.29. The molecule has 1 heterocycles. The molecule has 0 aliphatic carbocycles. The van der Waals surface area contributed by atoms with Crippen LogP contribution in [0.3, 0.4) is 0 Å². The van der Waals surface area contributed by atoms with E-state index in [0.717, 1.165) is 24.3 Å². The molecule has 0 amide bonds. The molecule has 0 aromatic carbocycles. The molecule has 0 saturated carbocycles. The van der Waals surface area contributed by atoms with Crippen molar-refractivity contribution in [1.82, 2.24) is 0 Å². The van der Waals surface area contributed by atoms with Crippen molar-refractivity contribution in [1.29, 1.82) is 0 Å². The molecular weight excluding hydrogens is 136 g/mol. The summed E-state index contributed by atoms with van der Waals surface area (Å²) in [5.41, 5.74) is 2.05. The largest absolute Gasteiger partial charge is 0.296 e. The highest BCUT2D eigenvalue weighted by molar-refractivity contribution is 6.21. The Morgan fingerprint density at radius 2 is 2.55 bits per heavy atom. The lowest BCUT2D eigenvalue weighted by atomic mass is 10.1. The molecule has 1 rings (SSSR count). The molecule has 0 unspecified atom stereocenters. The van der Waals surface area contributed by atoms with Gasteiger partial charge in [0.15, 0.2) is 0 Å². The summed E-state index contributed by atoms with van der Waals surface area (Å²) >= 11 is 0. The first kappa shape index (κ1) is 7.92.